The van der Waals surface area contributed by atoms with Crippen molar-refractivity contribution in [1.82, 2.24) is 9.88 Å². The Bertz CT molecular complexity index is 534. The topological polar surface area (TPSA) is 86.3 Å². The molecule has 1 fully saturated rings. The minimum absolute atomic E-state index is 0.0383. The van der Waals surface area contributed by atoms with Crippen molar-refractivity contribution in [3.05, 3.63) is 28.6 Å². The maximum Gasteiger partial charge on any atom is 0.310 e. The van der Waals surface area contributed by atoms with E-state index in [0.29, 0.717) is 18.8 Å². The maximum atomic E-state index is 11.1. The molecular weight excluding hydrogens is 270 g/mol. The van der Waals surface area contributed by atoms with Gasteiger partial charge in [0.1, 0.15) is 11.9 Å². The number of piperazine rings is 1. The predicted molar refractivity (Wildman–Crippen MR) is 79.0 cm³/mol. The highest BCUT2D eigenvalue weighted by atomic mass is 16.6. The van der Waals surface area contributed by atoms with Crippen LogP contribution in [0.3, 0.4) is 0 Å². The first-order chi connectivity index (χ1) is 10.2. The van der Waals surface area contributed by atoms with Gasteiger partial charge < -0.3 is 4.90 Å². The Kier molecular flexibility index (Phi) is 5.06. The number of nitro groups is 1. The Hall–Kier alpha value is -2.20. The van der Waals surface area contributed by atoms with Gasteiger partial charge in [-0.05, 0) is 12.5 Å². The number of pyridine rings is 1. The summed E-state index contributed by atoms with van der Waals surface area (Å²) in [7, 11) is 0. The molecule has 0 spiro atoms. The Labute approximate surface area is 123 Å². The fourth-order valence-electron chi connectivity index (χ4n) is 2.66. The van der Waals surface area contributed by atoms with E-state index in [2.05, 4.69) is 22.9 Å². The van der Waals surface area contributed by atoms with E-state index in [1.54, 1.807) is 12.3 Å². The summed E-state index contributed by atoms with van der Waals surface area (Å²) in [6.45, 7) is 4.94. The summed E-state index contributed by atoms with van der Waals surface area (Å²) in [5.74, 6) is 0. The Morgan fingerprint density at radius 3 is 2.76 bits per heavy atom. The molecule has 1 aromatic heterocycles. The fraction of sp³-hybridized carbons (Fsp3) is 0.571. The van der Waals surface area contributed by atoms with Crippen molar-refractivity contribution in [1.29, 1.82) is 5.26 Å². The average Bonchev–Trinajstić information content (AvgIpc) is 2.53. The van der Waals surface area contributed by atoms with E-state index >= 15 is 0 Å². The molecule has 2 rings (SSSR count). The highest BCUT2D eigenvalue weighted by Gasteiger charge is 2.26. The van der Waals surface area contributed by atoms with Crippen LogP contribution in [-0.4, -0.2) is 47.0 Å². The highest BCUT2D eigenvalue weighted by Crippen LogP contribution is 2.27. The molecule has 7 heteroatoms. The van der Waals surface area contributed by atoms with Crippen LogP contribution in [0.5, 0.6) is 0 Å². The first-order valence-electron chi connectivity index (χ1n) is 7.14. The molecule has 1 saturated heterocycles. The van der Waals surface area contributed by atoms with Gasteiger partial charge in [-0.2, -0.15) is 5.26 Å². The predicted octanol–water partition coefficient (Wildman–Crippen LogP) is 1.80. The zero-order chi connectivity index (χ0) is 15.2. The number of nitriles is 1. The number of anilines is 1. The van der Waals surface area contributed by atoms with Crippen LogP contribution in [0, 0.1) is 21.4 Å². The van der Waals surface area contributed by atoms with Crippen LogP contribution in [0.4, 0.5) is 11.4 Å². The Balaban J connectivity index is 2.05. The molecule has 21 heavy (non-hydrogen) atoms. The van der Waals surface area contributed by atoms with Gasteiger partial charge >= 0.3 is 5.69 Å². The number of aromatic nitrogens is 1. The smallest absolute Gasteiger partial charge is 0.310 e. The van der Waals surface area contributed by atoms with Gasteiger partial charge in [0.2, 0.25) is 0 Å². The molecule has 0 N–H and O–H groups in total. The van der Waals surface area contributed by atoms with Gasteiger partial charge in [-0.1, -0.05) is 13.3 Å². The number of rotatable bonds is 5. The van der Waals surface area contributed by atoms with E-state index in [9.17, 15) is 15.4 Å². The lowest BCUT2D eigenvalue weighted by atomic mass is 10.1. The molecule has 0 bridgehead atoms. The summed E-state index contributed by atoms with van der Waals surface area (Å²) < 4.78 is 0. The number of nitrogens with zero attached hydrogens (tertiary/aromatic N) is 5. The standard InChI is InChI=1S/C14H19N5O2/c1-2-3-12(10-15)17-6-8-18(9-7-17)13-4-5-16-11-14(13)19(20)21/h4-5,11-12H,2-3,6-9H2,1H3. The molecule has 2 heterocycles. The lowest BCUT2D eigenvalue weighted by molar-refractivity contribution is -0.384. The molecule has 0 radical (unpaired) electrons. The number of hydrogen-bond acceptors (Lipinski definition) is 6. The van der Waals surface area contributed by atoms with Crippen molar-refractivity contribution in [3.8, 4) is 6.07 Å². The summed E-state index contributed by atoms with van der Waals surface area (Å²) >= 11 is 0. The molecule has 1 atom stereocenters. The molecule has 112 valence electrons. The van der Waals surface area contributed by atoms with Gasteiger partial charge in [0.25, 0.3) is 0 Å². The Morgan fingerprint density at radius 1 is 1.48 bits per heavy atom. The summed E-state index contributed by atoms with van der Waals surface area (Å²) in [6, 6.07) is 3.98. The Morgan fingerprint density at radius 2 is 2.19 bits per heavy atom. The van der Waals surface area contributed by atoms with E-state index in [0.717, 1.165) is 25.9 Å². The molecule has 1 aromatic rings. The molecule has 0 aliphatic carbocycles. The monoisotopic (exact) mass is 289 g/mol. The first-order valence-corrected chi connectivity index (χ1v) is 7.14. The second-order valence-electron chi connectivity index (χ2n) is 5.08. The zero-order valence-electron chi connectivity index (χ0n) is 12.1. The van der Waals surface area contributed by atoms with Gasteiger partial charge in [0, 0.05) is 32.4 Å². The number of hydrogen-bond donors (Lipinski definition) is 0. The third-order valence-electron chi connectivity index (χ3n) is 3.78. The van der Waals surface area contributed by atoms with Crippen LogP contribution < -0.4 is 4.90 Å². The molecule has 1 aliphatic heterocycles. The molecule has 7 nitrogen and oxygen atoms in total. The van der Waals surface area contributed by atoms with Crippen molar-refractivity contribution >= 4 is 11.4 Å². The van der Waals surface area contributed by atoms with Gasteiger partial charge in [-0.15, -0.1) is 0 Å². The summed E-state index contributed by atoms with van der Waals surface area (Å²) in [6.07, 6.45) is 4.71. The van der Waals surface area contributed by atoms with E-state index in [-0.39, 0.29) is 11.7 Å². The van der Waals surface area contributed by atoms with Gasteiger partial charge in [0.15, 0.2) is 0 Å². The van der Waals surface area contributed by atoms with Crippen molar-refractivity contribution in [2.24, 2.45) is 0 Å². The molecular formula is C14H19N5O2. The second kappa shape index (κ2) is 6.99. The van der Waals surface area contributed by atoms with Gasteiger partial charge in [-0.25, -0.2) is 0 Å². The molecule has 1 aliphatic rings. The van der Waals surface area contributed by atoms with E-state index in [4.69, 9.17) is 0 Å². The van der Waals surface area contributed by atoms with Crippen LogP contribution in [0.25, 0.3) is 0 Å². The molecule has 1 unspecified atom stereocenters. The minimum Gasteiger partial charge on any atom is -0.363 e. The highest BCUT2D eigenvalue weighted by molar-refractivity contribution is 5.61. The second-order valence-corrected chi connectivity index (χ2v) is 5.08. The molecule has 0 aromatic carbocycles. The average molecular weight is 289 g/mol. The van der Waals surface area contributed by atoms with Crippen molar-refractivity contribution in [2.45, 2.75) is 25.8 Å². The van der Waals surface area contributed by atoms with Gasteiger partial charge in [0.05, 0.1) is 17.0 Å². The van der Waals surface area contributed by atoms with Crippen LogP contribution in [0.2, 0.25) is 0 Å². The molecule has 0 saturated carbocycles. The third-order valence-corrected chi connectivity index (χ3v) is 3.78. The largest absolute Gasteiger partial charge is 0.363 e. The van der Waals surface area contributed by atoms with Crippen LogP contribution in [0.15, 0.2) is 18.5 Å². The minimum atomic E-state index is -0.399. The SMILES string of the molecule is CCCC(C#N)N1CCN(c2ccncc2[N+](=O)[O-])CC1. The van der Waals surface area contributed by atoms with Crippen molar-refractivity contribution in [2.75, 3.05) is 31.1 Å². The summed E-state index contributed by atoms with van der Waals surface area (Å²) in [5, 5.41) is 20.3. The van der Waals surface area contributed by atoms with Crippen molar-refractivity contribution < 1.29 is 4.92 Å². The zero-order valence-corrected chi connectivity index (χ0v) is 12.1. The van der Waals surface area contributed by atoms with Crippen LogP contribution >= 0.6 is 0 Å². The third kappa shape index (κ3) is 3.47. The maximum absolute atomic E-state index is 11.1. The van der Waals surface area contributed by atoms with E-state index < -0.39 is 4.92 Å². The molecule has 0 amide bonds. The quantitative estimate of drug-likeness (QED) is 0.607. The van der Waals surface area contributed by atoms with E-state index in [1.807, 2.05) is 4.90 Å². The summed E-state index contributed by atoms with van der Waals surface area (Å²) in [5.41, 5.74) is 0.648. The normalized spacial score (nSPS) is 17.2. The van der Waals surface area contributed by atoms with Crippen molar-refractivity contribution in [3.63, 3.8) is 0 Å². The fourth-order valence-corrected chi connectivity index (χ4v) is 2.66. The van der Waals surface area contributed by atoms with Gasteiger partial charge in [-0.3, -0.25) is 20.0 Å². The first kappa shape index (κ1) is 15.2. The van der Waals surface area contributed by atoms with Crippen LogP contribution in [0.1, 0.15) is 19.8 Å². The van der Waals surface area contributed by atoms with Crippen LogP contribution in [-0.2, 0) is 0 Å². The van der Waals surface area contributed by atoms with E-state index in [1.165, 1.54) is 6.20 Å². The lowest BCUT2D eigenvalue weighted by Gasteiger charge is -2.37. The lowest BCUT2D eigenvalue weighted by Crippen LogP contribution is -2.50. The summed E-state index contributed by atoms with van der Waals surface area (Å²) in [4.78, 5) is 18.6.